The van der Waals surface area contributed by atoms with Crippen molar-refractivity contribution in [3.05, 3.63) is 151 Å². The first-order valence-electron chi connectivity index (χ1n) is 21.2. The van der Waals surface area contributed by atoms with Gasteiger partial charge in [0.15, 0.2) is 0 Å². The predicted molar refractivity (Wildman–Crippen MR) is 184 cm³/mol. The van der Waals surface area contributed by atoms with Crippen molar-refractivity contribution < 1.29 is 26.3 Å². The molecule has 2 aromatic heterocycles. The highest BCUT2D eigenvalue weighted by Gasteiger charge is 2.20. The lowest BCUT2D eigenvalue weighted by molar-refractivity contribution is 0.672. The summed E-state index contributed by atoms with van der Waals surface area (Å²) in [6.45, 7) is 0. The Morgan fingerprint density at radius 2 is 1.33 bits per heavy atom. The van der Waals surface area contributed by atoms with Gasteiger partial charge >= 0.3 is 0 Å². The molecule has 7 aromatic carbocycles. The Kier molecular flexibility index (Phi) is 2.96. The van der Waals surface area contributed by atoms with E-state index in [2.05, 4.69) is 0 Å². The van der Waals surface area contributed by atoms with Gasteiger partial charge in [0.2, 0.25) is 0 Å². The maximum atomic E-state index is 9.47. The Morgan fingerprint density at radius 3 is 2.23 bits per heavy atom. The quantitative estimate of drug-likeness (QED) is 0.205. The summed E-state index contributed by atoms with van der Waals surface area (Å²) in [5, 5.41) is 2.43. The third-order valence-electron chi connectivity index (χ3n) is 7.29. The van der Waals surface area contributed by atoms with Gasteiger partial charge in [0, 0.05) is 42.3 Å². The molecule has 0 aliphatic rings. The van der Waals surface area contributed by atoms with Crippen molar-refractivity contribution in [2.75, 3.05) is 4.90 Å². The lowest BCUT2D eigenvalue weighted by Gasteiger charge is -2.26. The largest absolute Gasteiger partial charge is 0.455 e. The Morgan fingerprint density at radius 1 is 0.558 bits per heavy atom. The first-order chi connectivity index (χ1) is 28.0. The number of hydrogen-bond donors (Lipinski definition) is 0. The molecule has 0 spiro atoms. The first kappa shape index (κ1) is 13.3. The van der Waals surface area contributed by atoms with Gasteiger partial charge in [0.25, 0.3) is 0 Å². The summed E-state index contributed by atoms with van der Waals surface area (Å²) in [6, 6.07) is 5.72. The van der Waals surface area contributed by atoms with E-state index in [4.69, 9.17) is 19.5 Å². The maximum Gasteiger partial charge on any atom is 0.143 e. The van der Waals surface area contributed by atoms with Crippen molar-refractivity contribution in [2.24, 2.45) is 0 Å². The number of rotatable bonds is 4. The standard InChI is InChI=1S/C40H25NOS/c1-2-10-29(11-3-1)41(35-14-8-15-36-39(35)34-24-19-27-9-4-5-12-31(27)40(34)42-36)30-21-17-26(18-22-30)28-20-23-33-32-13-6-7-16-37(32)43-38(33)25-28/h1-25H/i1D,2D,3D,6D,7D,10D,11D,13D,16D,17D,18D,20D,21D,22D,23D,25D. The number of furan rings is 1. The van der Waals surface area contributed by atoms with Gasteiger partial charge in [-0.05, 0) is 71.0 Å². The van der Waals surface area contributed by atoms with Gasteiger partial charge in [-0.2, -0.15) is 0 Å². The minimum Gasteiger partial charge on any atom is -0.455 e. The van der Waals surface area contributed by atoms with E-state index < -0.39 is 119 Å². The van der Waals surface area contributed by atoms with Crippen molar-refractivity contribution in [1.29, 1.82) is 0 Å². The van der Waals surface area contributed by atoms with Crippen LogP contribution in [0.25, 0.3) is 64.0 Å². The van der Waals surface area contributed by atoms with Crippen LogP contribution >= 0.6 is 11.3 Å². The predicted octanol–water partition coefficient (Wildman–Crippen LogP) is 12.2. The molecule has 9 aromatic rings. The molecule has 0 fully saturated rings. The molecule has 0 atom stereocenters. The fourth-order valence-electron chi connectivity index (χ4n) is 5.39. The highest BCUT2D eigenvalue weighted by Crippen LogP contribution is 2.44. The maximum absolute atomic E-state index is 9.47. The molecule has 2 nitrogen and oxygen atoms in total. The molecular formula is C40H25NOS. The third kappa shape index (κ3) is 3.86. The molecule has 0 amide bonds. The van der Waals surface area contributed by atoms with Gasteiger partial charge in [-0.25, -0.2) is 0 Å². The number of thiophene rings is 1. The Labute approximate surface area is 275 Å². The van der Waals surface area contributed by atoms with E-state index in [-0.39, 0.29) is 25.9 Å². The lowest BCUT2D eigenvalue weighted by atomic mass is 10.0. The highest BCUT2D eigenvalue weighted by atomic mass is 32.1. The van der Waals surface area contributed by atoms with Crippen molar-refractivity contribution in [1.82, 2.24) is 0 Å². The fraction of sp³-hybridized carbons (Fsp3) is 0. The van der Waals surface area contributed by atoms with Crippen LogP contribution in [0.4, 0.5) is 17.1 Å². The summed E-state index contributed by atoms with van der Waals surface area (Å²) in [6.07, 6.45) is 0. The molecule has 0 unspecified atom stereocenters. The molecule has 0 N–H and O–H groups in total. The molecule has 9 rings (SSSR count). The Bertz CT molecular complexity index is 3320. The van der Waals surface area contributed by atoms with E-state index in [1.54, 1.807) is 24.3 Å². The van der Waals surface area contributed by atoms with Gasteiger partial charge < -0.3 is 9.32 Å². The van der Waals surface area contributed by atoms with Crippen LogP contribution in [0.3, 0.4) is 0 Å². The molecule has 0 saturated heterocycles. The van der Waals surface area contributed by atoms with E-state index in [0.717, 1.165) is 27.0 Å². The molecule has 43 heavy (non-hydrogen) atoms. The van der Waals surface area contributed by atoms with Gasteiger partial charge in [-0.1, -0.05) is 96.8 Å². The second-order valence-electron chi connectivity index (χ2n) is 9.71. The van der Waals surface area contributed by atoms with E-state index in [1.165, 1.54) is 0 Å². The van der Waals surface area contributed by atoms with Crippen molar-refractivity contribution in [3.8, 4) is 11.1 Å². The number of benzene rings is 7. The SMILES string of the molecule is [2H]c1c([2H])c([2H])c(N(c2c([2H])c([2H])c(-c3c([2H])c([2H])c4c(sc5c([2H])c([2H])c([2H])c([2H])c54)c3[2H])c([2H])c2[2H])c2cccc3oc4c5ccccc5ccc4c23)c([2H])c1[2H]. The van der Waals surface area contributed by atoms with Crippen LogP contribution in [0, 0.1) is 0 Å². The van der Waals surface area contributed by atoms with Crippen molar-refractivity contribution in [3.63, 3.8) is 0 Å². The van der Waals surface area contributed by atoms with Crippen LogP contribution < -0.4 is 4.90 Å². The topological polar surface area (TPSA) is 16.4 Å². The zero-order valence-corrected chi connectivity index (χ0v) is 22.8. The molecular weight excluding hydrogens is 543 g/mol. The molecule has 0 saturated carbocycles. The summed E-state index contributed by atoms with van der Waals surface area (Å²) in [5.41, 5.74) is -1.07. The van der Waals surface area contributed by atoms with E-state index >= 15 is 0 Å². The average molecular weight is 584 g/mol. The molecule has 3 heteroatoms. The highest BCUT2D eigenvalue weighted by molar-refractivity contribution is 7.25. The monoisotopic (exact) mass is 583 g/mol. The lowest BCUT2D eigenvalue weighted by Crippen LogP contribution is -2.10. The van der Waals surface area contributed by atoms with Crippen LogP contribution in [0.1, 0.15) is 21.9 Å². The smallest absolute Gasteiger partial charge is 0.143 e. The van der Waals surface area contributed by atoms with Crippen LogP contribution in [0.5, 0.6) is 0 Å². The van der Waals surface area contributed by atoms with Crippen LogP contribution in [-0.2, 0) is 0 Å². The molecule has 0 aliphatic carbocycles. The van der Waals surface area contributed by atoms with E-state index in [1.807, 2.05) is 30.3 Å². The summed E-state index contributed by atoms with van der Waals surface area (Å²) < 4.78 is 148. The second kappa shape index (κ2) is 9.59. The summed E-state index contributed by atoms with van der Waals surface area (Å²) >= 11 is 0.789. The average Bonchev–Trinajstić information content (AvgIpc) is 3.83. The number of fused-ring (bicyclic) bond motifs is 8. The van der Waals surface area contributed by atoms with Gasteiger partial charge in [0.05, 0.1) is 33.0 Å². The summed E-state index contributed by atoms with van der Waals surface area (Å²) in [5.74, 6) is 0. The first-order valence-corrected chi connectivity index (χ1v) is 14.0. The minimum absolute atomic E-state index is 0.0178. The summed E-state index contributed by atoms with van der Waals surface area (Å²) in [4.78, 5) is 1.09. The number of anilines is 3. The van der Waals surface area contributed by atoms with Gasteiger partial charge in [-0.3, -0.25) is 0 Å². The fourth-order valence-corrected chi connectivity index (χ4v) is 6.36. The van der Waals surface area contributed by atoms with Gasteiger partial charge in [-0.15, -0.1) is 11.3 Å². The minimum atomic E-state index is -0.764. The van der Waals surface area contributed by atoms with Gasteiger partial charge in [0.1, 0.15) is 11.2 Å². The molecule has 0 radical (unpaired) electrons. The van der Waals surface area contributed by atoms with Crippen LogP contribution in [-0.4, -0.2) is 0 Å². The van der Waals surface area contributed by atoms with Crippen LogP contribution in [0.15, 0.2) is 156 Å². The van der Waals surface area contributed by atoms with Crippen LogP contribution in [0.2, 0.25) is 0 Å². The second-order valence-corrected chi connectivity index (χ2v) is 10.7. The molecule has 0 aliphatic heterocycles. The van der Waals surface area contributed by atoms with Crippen molar-refractivity contribution in [2.45, 2.75) is 0 Å². The molecule has 2 heterocycles. The Hall–Kier alpha value is -5.38. The zero-order chi connectivity index (χ0) is 42.3. The normalized spacial score (nSPS) is 16.9. The van der Waals surface area contributed by atoms with Crippen molar-refractivity contribution >= 4 is 81.3 Å². The van der Waals surface area contributed by atoms with E-state index in [9.17, 15) is 6.85 Å². The third-order valence-corrected chi connectivity index (χ3v) is 8.31. The molecule has 0 bridgehead atoms. The van der Waals surface area contributed by atoms with E-state index in [0.29, 0.717) is 21.9 Å². The zero-order valence-electron chi connectivity index (χ0n) is 38.0. The molecule has 202 valence electrons. The Balaban J connectivity index is 1.39. The number of para-hydroxylation sites is 1. The number of nitrogens with zero attached hydrogens (tertiary/aromatic N) is 1. The number of hydrogen-bond acceptors (Lipinski definition) is 3. The summed E-state index contributed by atoms with van der Waals surface area (Å²) in [7, 11) is 0.